The third kappa shape index (κ3) is 3.96. The maximum atomic E-state index is 6.17. The van der Waals surface area contributed by atoms with Gasteiger partial charge in [-0.1, -0.05) is 26.5 Å². The number of ether oxygens (including phenoxy) is 1. The van der Waals surface area contributed by atoms with Crippen molar-refractivity contribution < 1.29 is 4.74 Å². The molecule has 0 spiro atoms. The number of aliphatic imine (C=N–C) groups is 1. The van der Waals surface area contributed by atoms with Crippen molar-refractivity contribution >= 4 is 21.8 Å². The monoisotopic (exact) mass is 379 g/mol. The number of amidine groups is 1. The maximum Gasteiger partial charge on any atom is 0.127 e. The Hall–Kier alpha value is -1.33. The number of hydrogen-bond donors (Lipinski definition) is 1. The molecule has 126 valence electrons. The van der Waals surface area contributed by atoms with Gasteiger partial charge in [0.1, 0.15) is 16.2 Å². The van der Waals surface area contributed by atoms with Gasteiger partial charge in [-0.2, -0.15) is 0 Å². The van der Waals surface area contributed by atoms with Gasteiger partial charge in [-0.15, -0.1) is 0 Å². The van der Waals surface area contributed by atoms with E-state index in [4.69, 9.17) is 10.6 Å². The van der Waals surface area contributed by atoms with Crippen molar-refractivity contribution in [1.29, 1.82) is 0 Å². The first-order chi connectivity index (χ1) is 10.8. The minimum Gasteiger partial charge on any atom is -0.496 e. The van der Waals surface area contributed by atoms with Crippen LogP contribution in [0.1, 0.15) is 55.2 Å². The molecule has 0 saturated carbocycles. The molecule has 1 atom stereocenters. The molecule has 1 saturated heterocycles. The van der Waals surface area contributed by atoms with E-state index in [2.05, 4.69) is 60.4 Å². The quantitative estimate of drug-likeness (QED) is 0.621. The molecule has 4 nitrogen and oxygen atoms in total. The number of aryl methyl sites for hydroxylation is 1. The first-order valence-corrected chi connectivity index (χ1v) is 8.78. The number of piperidine rings is 1. The normalized spacial score (nSPS) is 20.2. The van der Waals surface area contributed by atoms with E-state index in [0.29, 0.717) is 10.5 Å². The Balaban J connectivity index is 2.54. The van der Waals surface area contributed by atoms with Crippen molar-refractivity contribution in [1.82, 2.24) is 5.01 Å². The molecule has 0 aromatic heterocycles. The van der Waals surface area contributed by atoms with Crippen LogP contribution in [0.3, 0.4) is 0 Å². The van der Waals surface area contributed by atoms with Gasteiger partial charge in [-0.05, 0) is 64.4 Å². The van der Waals surface area contributed by atoms with Crippen LogP contribution in [0.15, 0.2) is 28.3 Å². The number of nitrogens with zero attached hydrogens (tertiary/aromatic N) is 2. The lowest BCUT2D eigenvalue weighted by Gasteiger charge is -2.34. The number of methoxy groups -OCH3 is 1. The zero-order chi connectivity index (χ0) is 17.1. The molecular formula is C18H26BrN3O. The Labute approximate surface area is 147 Å². The second kappa shape index (κ2) is 7.49. The minimum atomic E-state index is 0.187. The Morgan fingerprint density at radius 2 is 2.17 bits per heavy atom. The lowest BCUT2D eigenvalue weighted by molar-refractivity contribution is 0.367. The van der Waals surface area contributed by atoms with Crippen LogP contribution in [-0.2, 0) is 0 Å². The average Bonchev–Trinajstić information content (AvgIpc) is 2.48. The van der Waals surface area contributed by atoms with Crippen molar-refractivity contribution in [2.75, 3.05) is 13.7 Å². The highest BCUT2D eigenvalue weighted by molar-refractivity contribution is 9.11. The summed E-state index contributed by atoms with van der Waals surface area (Å²) in [6, 6.07) is 4.38. The molecule has 0 amide bonds. The molecule has 0 bridgehead atoms. The van der Waals surface area contributed by atoms with Crippen LogP contribution in [0.4, 0.5) is 0 Å². The van der Waals surface area contributed by atoms with Crippen LogP contribution in [-0.4, -0.2) is 24.5 Å². The van der Waals surface area contributed by atoms with E-state index < -0.39 is 0 Å². The van der Waals surface area contributed by atoms with Gasteiger partial charge in [-0.3, -0.25) is 5.01 Å². The number of hydrogen-bond acceptors (Lipinski definition) is 3. The van der Waals surface area contributed by atoms with Crippen LogP contribution in [0.25, 0.3) is 0 Å². The Morgan fingerprint density at radius 1 is 1.48 bits per heavy atom. The molecule has 2 rings (SSSR count). The van der Waals surface area contributed by atoms with Crippen LogP contribution in [0, 0.1) is 6.92 Å². The molecule has 1 fully saturated rings. The molecule has 5 heteroatoms. The molecule has 2 N–H and O–H groups in total. The molecular weight excluding hydrogens is 354 g/mol. The molecule has 1 aromatic carbocycles. The van der Waals surface area contributed by atoms with E-state index in [9.17, 15) is 0 Å². The fourth-order valence-corrected chi connectivity index (χ4v) is 3.37. The van der Waals surface area contributed by atoms with E-state index >= 15 is 0 Å². The highest BCUT2D eigenvalue weighted by Gasteiger charge is 2.29. The number of benzene rings is 1. The summed E-state index contributed by atoms with van der Waals surface area (Å²) in [5.41, 5.74) is 3.70. The molecule has 1 heterocycles. The van der Waals surface area contributed by atoms with Gasteiger partial charge < -0.3 is 4.74 Å². The Kier molecular flexibility index (Phi) is 5.87. The van der Waals surface area contributed by atoms with Gasteiger partial charge in [0, 0.05) is 12.5 Å². The molecule has 1 aliphatic heterocycles. The molecule has 1 unspecified atom stereocenters. The first kappa shape index (κ1) is 18.0. The third-order valence-electron chi connectivity index (χ3n) is 4.35. The second-order valence-electron chi connectivity index (χ2n) is 6.34. The molecule has 0 radical (unpaired) electrons. The third-order valence-corrected chi connectivity index (χ3v) is 4.53. The van der Waals surface area contributed by atoms with Crippen LogP contribution >= 0.6 is 15.9 Å². The van der Waals surface area contributed by atoms with Crippen LogP contribution in [0.2, 0.25) is 0 Å². The van der Waals surface area contributed by atoms with E-state index in [-0.39, 0.29) is 5.92 Å². The van der Waals surface area contributed by atoms with E-state index in [1.54, 1.807) is 12.1 Å². The highest BCUT2D eigenvalue weighted by Crippen LogP contribution is 2.36. The van der Waals surface area contributed by atoms with Crippen molar-refractivity contribution in [3.05, 3.63) is 40.0 Å². The number of halogens is 1. The van der Waals surface area contributed by atoms with Gasteiger partial charge in [0.25, 0.3) is 0 Å². The van der Waals surface area contributed by atoms with Crippen molar-refractivity contribution in [3.63, 3.8) is 0 Å². The molecule has 1 aromatic rings. The van der Waals surface area contributed by atoms with Gasteiger partial charge >= 0.3 is 0 Å². The van der Waals surface area contributed by atoms with E-state index in [1.165, 1.54) is 16.7 Å². The average molecular weight is 380 g/mol. The largest absolute Gasteiger partial charge is 0.496 e. The maximum absolute atomic E-state index is 6.17. The van der Waals surface area contributed by atoms with Crippen molar-refractivity contribution in [2.24, 2.45) is 10.8 Å². The molecule has 0 aliphatic carbocycles. The van der Waals surface area contributed by atoms with Crippen LogP contribution < -0.4 is 10.6 Å². The van der Waals surface area contributed by atoms with E-state index in [0.717, 1.165) is 31.0 Å². The number of rotatable bonds is 4. The van der Waals surface area contributed by atoms with Crippen LogP contribution in [0.5, 0.6) is 5.75 Å². The predicted octanol–water partition coefficient (Wildman–Crippen LogP) is 4.44. The van der Waals surface area contributed by atoms with Crippen molar-refractivity contribution in [2.45, 2.75) is 45.4 Å². The summed E-state index contributed by atoms with van der Waals surface area (Å²) >= 11 is 3.33. The summed E-state index contributed by atoms with van der Waals surface area (Å²) in [4.78, 5) is 4.54. The lowest BCUT2D eigenvalue weighted by Crippen LogP contribution is -2.45. The Morgan fingerprint density at radius 3 is 2.74 bits per heavy atom. The topological polar surface area (TPSA) is 50.8 Å². The Bertz CT molecular complexity index is 625. The summed E-state index contributed by atoms with van der Waals surface area (Å²) < 4.78 is 6.16. The van der Waals surface area contributed by atoms with Crippen molar-refractivity contribution in [3.8, 4) is 5.75 Å². The summed E-state index contributed by atoms with van der Waals surface area (Å²) in [5.74, 6) is 8.58. The molecule has 23 heavy (non-hydrogen) atoms. The van der Waals surface area contributed by atoms with Gasteiger partial charge in [0.15, 0.2) is 0 Å². The minimum absolute atomic E-state index is 0.187. The number of hydrazine groups is 1. The second-order valence-corrected chi connectivity index (χ2v) is 7.26. The predicted molar refractivity (Wildman–Crippen MR) is 100 cm³/mol. The van der Waals surface area contributed by atoms with Gasteiger partial charge in [0.05, 0.1) is 7.11 Å². The zero-order valence-electron chi connectivity index (χ0n) is 14.4. The fraction of sp³-hybridized carbons (Fsp3) is 0.500. The summed E-state index contributed by atoms with van der Waals surface area (Å²) in [7, 11) is 1.73. The van der Waals surface area contributed by atoms with E-state index in [1.807, 2.05) is 0 Å². The SMILES string of the molecule is C=C(Br)/N=C1/C(c2cc(C(C)C)c(OC)cc2C)CCCN1N. The summed E-state index contributed by atoms with van der Waals surface area (Å²) in [6.45, 7) is 11.1. The zero-order valence-corrected chi connectivity index (χ0v) is 16.0. The summed E-state index contributed by atoms with van der Waals surface area (Å²) in [5, 5.41) is 1.75. The lowest BCUT2D eigenvalue weighted by atomic mass is 9.84. The standard InChI is InChI=1S/C18H26BrN3O/c1-11(2)15-10-16(12(3)9-17(15)23-5)14-7-6-8-22(20)18(14)21-13(4)19/h9-11,14H,4,6-8,20H2,1-3,5H3/b21-18-. The van der Waals surface area contributed by atoms with Gasteiger partial charge in [0.2, 0.25) is 0 Å². The number of nitrogens with two attached hydrogens (primary N) is 1. The first-order valence-electron chi connectivity index (χ1n) is 7.98. The highest BCUT2D eigenvalue weighted by atomic mass is 79.9. The fourth-order valence-electron chi connectivity index (χ4n) is 3.19. The summed E-state index contributed by atoms with van der Waals surface area (Å²) in [6.07, 6.45) is 2.09. The van der Waals surface area contributed by atoms with Gasteiger partial charge in [-0.25, -0.2) is 10.8 Å². The molecule has 1 aliphatic rings. The smallest absolute Gasteiger partial charge is 0.127 e.